The highest BCUT2D eigenvalue weighted by molar-refractivity contribution is 5.98. The van der Waals surface area contributed by atoms with Gasteiger partial charge in [0.1, 0.15) is 0 Å². The van der Waals surface area contributed by atoms with E-state index in [0.29, 0.717) is 0 Å². The Morgan fingerprint density at radius 2 is 1.85 bits per heavy atom. The number of benzene rings is 1. The van der Waals surface area contributed by atoms with E-state index in [1.165, 1.54) is 0 Å². The van der Waals surface area contributed by atoms with Gasteiger partial charge in [0, 0.05) is 43.3 Å². The lowest BCUT2D eigenvalue weighted by Gasteiger charge is -2.27. The number of aryl methyl sites for hydroxylation is 1. The van der Waals surface area contributed by atoms with Crippen molar-refractivity contribution in [1.29, 1.82) is 0 Å². The summed E-state index contributed by atoms with van der Waals surface area (Å²) in [6.07, 6.45) is -3.30. The Bertz CT molecular complexity index is 803. The molecule has 1 aliphatic heterocycles. The Morgan fingerprint density at radius 3 is 2.42 bits per heavy atom. The molecular formula is C17H18F3N3O3. The van der Waals surface area contributed by atoms with Gasteiger partial charge in [-0.25, -0.2) is 4.79 Å². The highest BCUT2D eigenvalue weighted by atomic mass is 19.4. The number of pyridine rings is 1. The number of aromatic nitrogens is 1. The van der Waals surface area contributed by atoms with Gasteiger partial charge >= 0.3 is 12.1 Å². The molecule has 9 heteroatoms. The van der Waals surface area contributed by atoms with Crippen LogP contribution in [0.2, 0.25) is 0 Å². The summed E-state index contributed by atoms with van der Waals surface area (Å²) in [6, 6.07) is 7.80. The molecule has 0 bridgehead atoms. The monoisotopic (exact) mass is 369 g/mol. The zero-order chi connectivity index (χ0) is 19.3. The van der Waals surface area contributed by atoms with Crippen molar-refractivity contribution in [3.05, 3.63) is 41.6 Å². The van der Waals surface area contributed by atoms with E-state index in [1.54, 1.807) is 6.20 Å². The van der Waals surface area contributed by atoms with Crippen LogP contribution in [0.5, 0.6) is 0 Å². The minimum absolute atomic E-state index is 0.121. The third-order valence-corrected chi connectivity index (χ3v) is 3.79. The molecule has 2 aromatic rings. The van der Waals surface area contributed by atoms with Crippen molar-refractivity contribution >= 4 is 22.8 Å². The second-order valence-electron chi connectivity index (χ2n) is 5.71. The van der Waals surface area contributed by atoms with Crippen LogP contribution in [-0.2, 0) is 4.79 Å². The fourth-order valence-electron chi connectivity index (χ4n) is 2.55. The van der Waals surface area contributed by atoms with E-state index in [0.717, 1.165) is 48.2 Å². The molecule has 1 fully saturated rings. The molecule has 140 valence electrons. The lowest BCUT2D eigenvalue weighted by molar-refractivity contribution is -0.192. The number of amides is 1. The van der Waals surface area contributed by atoms with E-state index in [4.69, 9.17) is 9.90 Å². The number of carbonyl (C=O) groups excluding carboxylic acids is 1. The number of fused-ring (bicyclic) bond motifs is 1. The second kappa shape index (κ2) is 8.13. The van der Waals surface area contributed by atoms with Gasteiger partial charge in [0.05, 0.1) is 5.52 Å². The molecule has 1 amide bonds. The van der Waals surface area contributed by atoms with Gasteiger partial charge in [0.2, 0.25) is 0 Å². The second-order valence-corrected chi connectivity index (χ2v) is 5.71. The number of rotatable bonds is 1. The number of carboxylic acids is 1. The molecular weight excluding hydrogens is 351 g/mol. The zero-order valence-electron chi connectivity index (χ0n) is 14.0. The van der Waals surface area contributed by atoms with E-state index in [9.17, 15) is 18.0 Å². The number of aliphatic carboxylic acids is 1. The Labute approximate surface area is 147 Å². The Morgan fingerprint density at radius 1 is 1.23 bits per heavy atom. The SMILES string of the molecule is Cc1cc(C(=O)N2CCNCC2)cc2cccnc12.O=C(O)C(F)(F)F. The predicted molar refractivity (Wildman–Crippen MR) is 88.9 cm³/mol. The molecule has 0 spiro atoms. The Balaban J connectivity index is 0.000000298. The minimum Gasteiger partial charge on any atom is -0.475 e. The molecule has 2 heterocycles. The fraction of sp³-hybridized carbons (Fsp3) is 0.353. The summed E-state index contributed by atoms with van der Waals surface area (Å²) in [5, 5.41) is 11.4. The maximum atomic E-state index is 12.5. The molecule has 6 nitrogen and oxygen atoms in total. The number of nitrogens with one attached hydrogen (secondary N) is 1. The van der Waals surface area contributed by atoms with Crippen molar-refractivity contribution < 1.29 is 27.9 Å². The summed E-state index contributed by atoms with van der Waals surface area (Å²) in [5.41, 5.74) is 2.79. The number of piperazine rings is 1. The smallest absolute Gasteiger partial charge is 0.475 e. The van der Waals surface area contributed by atoms with Crippen LogP contribution in [-0.4, -0.2) is 59.2 Å². The number of carboxylic acid groups (broad SMARTS) is 1. The quantitative estimate of drug-likeness (QED) is 0.806. The van der Waals surface area contributed by atoms with E-state index < -0.39 is 12.1 Å². The van der Waals surface area contributed by atoms with E-state index in [-0.39, 0.29) is 5.91 Å². The van der Waals surface area contributed by atoms with Gasteiger partial charge in [-0.1, -0.05) is 6.07 Å². The molecule has 1 saturated heterocycles. The van der Waals surface area contributed by atoms with Crippen LogP contribution in [0.3, 0.4) is 0 Å². The molecule has 1 aliphatic rings. The summed E-state index contributed by atoms with van der Waals surface area (Å²) in [4.78, 5) is 27.6. The van der Waals surface area contributed by atoms with Gasteiger partial charge in [-0.3, -0.25) is 9.78 Å². The van der Waals surface area contributed by atoms with Gasteiger partial charge in [-0.2, -0.15) is 13.2 Å². The first kappa shape index (κ1) is 19.6. The van der Waals surface area contributed by atoms with Crippen molar-refractivity contribution in [2.45, 2.75) is 13.1 Å². The topological polar surface area (TPSA) is 82.5 Å². The van der Waals surface area contributed by atoms with Crippen LogP contribution < -0.4 is 5.32 Å². The van der Waals surface area contributed by atoms with Crippen LogP contribution in [0.25, 0.3) is 10.9 Å². The third-order valence-electron chi connectivity index (χ3n) is 3.79. The highest BCUT2D eigenvalue weighted by Gasteiger charge is 2.38. The van der Waals surface area contributed by atoms with Gasteiger partial charge in [-0.05, 0) is 30.7 Å². The number of nitrogens with zero attached hydrogens (tertiary/aromatic N) is 2. The van der Waals surface area contributed by atoms with Crippen LogP contribution in [0.4, 0.5) is 13.2 Å². The van der Waals surface area contributed by atoms with E-state index in [2.05, 4.69) is 10.3 Å². The molecule has 0 saturated carbocycles. The van der Waals surface area contributed by atoms with Gasteiger partial charge in [0.15, 0.2) is 0 Å². The van der Waals surface area contributed by atoms with Crippen LogP contribution in [0.15, 0.2) is 30.5 Å². The minimum atomic E-state index is -5.08. The summed E-state index contributed by atoms with van der Waals surface area (Å²) >= 11 is 0. The first-order chi connectivity index (χ1) is 12.2. The lowest BCUT2D eigenvalue weighted by atomic mass is 10.0. The van der Waals surface area contributed by atoms with Crippen LogP contribution >= 0.6 is 0 Å². The predicted octanol–water partition coefficient (Wildman–Crippen LogP) is 2.22. The maximum absolute atomic E-state index is 12.5. The van der Waals surface area contributed by atoms with Gasteiger partial charge in [0.25, 0.3) is 5.91 Å². The Hall–Kier alpha value is -2.68. The van der Waals surface area contributed by atoms with Crippen LogP contribution in [0.1, 0.15) is 15.9 Å². The first-order valence-corrected chi connectivity index (χ1v) is 7.85. The van der Waals surface area contributed by atoms with Crippen molar-refractivity contribution in [1.82, 2.24) is 15.2 Å². The number of carbonyl (C=O) groups is 2. The molecule has 0 aliphatic carbocycles. The maximum Gasteiger partial charge on any atom is 0.490 e. The highest BCUT2D eigenvalue weighted by Crippen LogP contribution is 2.19. The number of hydrogen-bond donors (Lipinski definition) is 2. The first-order valence-electron chi connectivity index (χ1n) is 7.85. The van der Waals surface area contributed by atoms with Crippen molar-refractivity contribution in [2.24, 2.45) is 0 Å². The summed E-state index contributed by atoms with van der Waals surface area (Å²) < 4.78 is 31.7. The Kier molecular flexibility index (Phi) is 6.14. The van der Waals surface area contributed by atoms with Crippen molar-refractivity contribution in [2.75, 3.05) is 26.2 Å². The third kappa shape index (κ3) is 4.92. The molecule has 0 unspecified atom stereocenters. The molecule has 3 rings (SSSR count). The summed E-state index contributed by atoms with van der Waals surface area (Å²) in [7, 11) is 0. The lowest BCUT2D eigenvalue weighted by Crippen LogP contribution is -2.46. The van der Waals surface area contributed by atoms with Gasteiger partial charge in [-0.15, -0.1) is 0 Å². The molecule has 1 aromatic carbocycles. The summed E-state index contributed by atoms with van der Waals surface area (Å²) in [5.74, 6) is -2.64. The van der Waals surface area contributed by atoms with Crippen molar-refractivity contribution in [3.8, 4) is 0 Å². The average molecular weight is 369 g/mol. The molecule has 26 heavy (non-hydrogen) atoms. The van der Waals surface area contributed by atoms with E-state index >= 15 is 0 Å². The summed E-state index contributed by atoms with van der Waals surface area (Å²) in [6.45, 7) is 5.31. The van der Waals surface area contributed by atoms with Crippen molar-refractivity contribution in [3.63, 3.8) is 0 Å². The standard InChI is InChI=1S/C15H17N3O.C2HF3O2/c1-11-9-13(10-12-3-2-4-17-14(11)12)15(19)18-7-5-16-6-8-18;3-2(4,5)1(6)7/h2-4,9-10,16H,5-8H2,1H3;(H,6,7). The number of alkyl halides is 3. The van der Waals surface area contributed by atoms with E-state index in [1.807, 2.05) is 36.1 Å². The number of halogens is 3. The molecule has 1 aromatic heterocycles. The van der Waals surface area contributed by atoms with Gasteiger partial charge < -0.3 is 15.3 Å². The molecule has 0 radical (unpaired) electrons. The fourth-order valence-corrected chi connectivity index (χ4v) is 2.55. The largest absolute Gasteiger partial charge is 0.490 e. The number of hydrogen-bond acceptors (Lipinski definition) is 4. The molecule has 0 atom stereocenters. The van der Waals surface area contributed by atoms with Crippen LogP contribution in [0, 0.1) is 6.92 Å². The average Bonchev–Trinajstić information content (AvgIpc) is 2.61. The molecule has 2 N–H and O–H groups in total. The zero-order valence-corrected chi connectivity index (χ0v) is 14.0. The normalized spacial score (nSPS) is 14.5.